The van der Waals surface area contributed by atoms with Crippen molar-refractivity contribution >= 4 is 5.91 Å². The van der Waals surface area contributed by atoms with Gasteiger partial charge >= 0.3 is 0 Å². The van der Waals surface area contributed by atoms with E-state index < -0.39 is 0 Å². The van der Waals surface area contributed by atoms with Crippen molar-refractivity contribution in [2.45, 2.75) is 38.1 Å². The summed E-state index contributed by atoms with van der Waals surface area (Å²) in [6, 6.07) is 15.6. The summed E-state index contributed by atoms with van der Waals surface area (Å²) in [7, 11) is 0. The molecule has 1 fully saturated rings. The summed E-state index contributed by atoms with van der Waals surface area (Å²) >= 11 is 0. The summed E-state index contributed by atoms with van der Waals surface area (Å²) in [5.74, 6) is 0.815. The molecule has 2 aliphatic rings. The Morgan fingerprint density at radius 3 is 2.64 bits per heavy atom. The molecular formula is C21H24N2O2. The molecule has 1 amide bonds. The van der Waals surface area contributed by atoms with E-state index in [9.17, 15) is 9.59 Å². The number of fused-ring (bicyclic) bond motifs is 4. The summed E-state index contributed by atoms with van der Waals surface area (Å²) in [6.45, 7) is 4.30. The molecular weight excluding hydrogens is 312 g/mol. The molecule has 25 heavy (non-hydrogen) atoms. The number of carbonyl (C=O) groups excluding carboxylic acids is 1. The molecule has 4 heteroatoms. The Balaban J connectivity index is 1.59. The van der Waals surface area contributed by atoms with Crippen molar-refractivity contribution in [1.82, 2.24) is 9.47 Å². The second-order valence-electron chi connectivity index (χ2n) is 7.31. The Bertz CT molecular complexity index is 827. The maximum absolute atomic E-state index is 13.2. The first kappa shape index (κ1) is 16.1. The molecule has 4 nitrogen and oxygen atoms in total. The van der Waals surface area contributed by atoms with E-state index in [1.54, 1.807) is 6.07 Å². The highest BCUT2D eigenvalue weighted by Gasteiger charge is 2.37. The lowest BCUT2D eigenvalue weighted by molar-refractivity contribution is -0.135. The van der Waals surface area contributed by atoms with Gasteiger partial charge in [-0.2, -0.15) is 0 Å². The molecule has 2 aliphatic heterocycles. The highest BCUT2D eigenvalue weighted by Crippen LogP contribution is 2.36. The van der Waals surface area contributed by atoms with E-state index in [0.717, 1.165) is 43.7 Å². The van der Waals surface area contributed by atoms with Gasteiger partial charge in [-0.15, -0.1) is 0 Å². The molecule has 2 aromatic rings. The number of aromatic nitrogens is 1. The number of likely N-dealkylation sites (tertiary alicyclic amines) is 1. The van der Waals surface area contributed by atoms with Crippen molar-refractivity contribution in [3.8, 4) is 0 Å². The summed E-state index contributed by atoms with van der Waals surface area (Å²) in [5.41, 5.74) is 2.28. The number of rotatable bonds is 3. The van der Waals surface area contributed by atoms with Crippen LogP contribution in [0.25, 0.3) is 0 Å². The second-order valence-corrected chi connectivity index (χ2v) is 7.31. The minimum Gasteiger partial charge on any atom is -0.341 e. The zero-order valence-corrected chi connectivity index (χ0v) is 14.6. The summed E-state index contributed by atoms with van der Waals surface area (Å²) in [6.07, 6.45) is 1.89. The van der Waals surface area contributed by atoms with E-state index in [4.69, 9.17) is 0 Å². The summed E-state index contributed by atoms with van der Waals surface area (Å²) in [4.78, 5) is 27.4. The lowest BCUT2D eigenvalue weighted by atomic mass is 9.82. The highest BCUT2D eigenvalue weighted by molar-refractivity contribution is 5.84. The van der Waals surface area contributed by atoms with Crippen molar-refractivity contribution < 1.29 is 4.79 Å². The van der Waals surface area contributed by atoms with E-state index in [1.807, 2.05) is 51.9 Å². The predicted octanol–water partition coefficient (Wildman–Crippen LogP) is 2.99. The van der Waals surface area contributed by atoms with Crippen LogP contribution in [0.1, 0.15) is 42.9 Å². The number of carbonyl (C=O) groups is 1. The minimum absolute atomic E-state index is 0.0713. The number of hydrogen-bond acceptors (Lipinski definition) is 2. The average molecular weight is 336 g/mol. The van der Waals surface area contributed by atoms with Gasteiger partial charge in [0.1, 0.15) is 0 Å². The van der Waals surface area contributed by atoms with Crippen LogP contribution in [0.15, 0.2) is 53.3 Å². The molecule has 0 N–H and O–H groups in total. The van der Waals surface area contributed by atoms with Crippen LogP contribution in [0.5, 0.6) is 0 Å². The average Bonchev–Trinajstić information content (AvgIpc) is 2.64. The van der Waals surface area contributed by atoms with Gasteiger partial charge in [-0.1, -0.05) is 43.3 Å². The number of hydrogen-bond donors (Lipinski definition) is 0. The van der Waals surface area contributed by atoms with E-state index in [2.05, 4.69) is 6.92 Å². The van der Waals surface area contributed by atoms with E-state index >= 15 is 0 Å². The maximum atomic E-state index is 13.2. The molecule has 1 aromatic heterocycles. The normalized spacial score (nSPS) is 23.0. The van der Waals surface area contributed by atoms with Crippen molar-refractivity contribution in [1.29, 1.82) is 0 Å². The van der Waals surface area contributed by atoms with Gasteiger partial charge in [0.2, 0.25) is 5.91 Å². The lowest BCUT2D eigenvalue weighted by Crippen LogP contribution is -2.50. The van der Waals surface area contributed by atoms with Crippen LogP contribution in [-0.2, 0) is 11.3 Å². The fraction of sp³-hybridized carbons (Fsp3) is 0.429. The Hall–Kier alpha value is -2.36. The molecule has 2 bridgehead atoms. The summed E-state index contributed by atoms with van der Waals surface area (Å²) in [5, 5.41) is 0. The van der Waals surface area contributed by atoms with E-state index in [0.29, 0.717) is 5.92 Å². The molecule has 0 radical (unpaired) electrons. The quantitative estimate of drug-likeness (QED) is 0.865. The Kier molecular flexibility index (Phi) is 4.20. The number of amides is 1. The number of piperidine rings is 1. The van der Waals surface area contributed by atoms with Gasteiger partial charge in [0.15, 0.2) is 0 Å². The Morgan fingerprint density at radius 2 is 1.88 bits per heavy atom. The third kappa shape index (κ3) is 2.90. The molecule has 4 rings (SSSR count). The van der Waals surface area contributed by atoms with Crippen molar-refractivity contribution in [3.63, 3.8) is 0 Å². The zero-order valence-electron chi connectivity index (χ0n) is 14.6. The van der Waals surface area contributed by atoms with Gasteiger partial charge in [-0.25, -0.2) is 0 Å². The topological polar surface area (TPSA) is 42.3 Å². The molecule has 3 heterocycles. The van der Waals surface area contributed by atoms with Crippen molar-refractivity contribution in [3.05, 3.63) is 70.1 Å². The molecule has 0 unspecified atom stereocenters. The molecule has 0 spiro atoms. The smallest absolute Gasteiger partial charge is 0.250 e. The lowest BCUT2D eigenvalue weighted by Gasteiger charge is -2.43. The number of benzene rings is 1. The van der Waals surface area contributed by atoms with Crippen LogP contribution >= 0.6 is 0 Å². The molecule has 1 saturated heterocycles. The monoisotopic (exact) mass is 336 g/mol. The number of pyridine rings is 1. The van der Waals surface area contributed by atoms with Crippen molar-refractivity contribution in [2.24, 2.45) is 5.92 Å². The van der Waals surface area contributed by atoms with Crippen LogP contribution in [0.2, 0.25) is 0 Å². The Morgan fingerprint density at radius 1 is 1.08 bits per heavy atom. The number of nitrogens with zero attached hydrogens (tertiary/aromatic N) is 2. The van der Waals surface area contributed by atoms with Crippen LogP contribution in [0.3, 0.4) is 0 Å². The first-order valence-electron chi connectivity index (χ1n) is 9.21. The molecule has 3 atom stereocenters. The van der Waals surface area contributed by atoms with E-state index in [1.165, 1.54) is 0 Å². The molecule has 0 saturated carbocycles. The van der Waals surface area contributed by atoms with E-state index in [-0.39, 0.29) is 23.3 Å². The summed E-state index contributed by atoms with van der Waals surface area (Å²) < 4.78 is 1.91. The van der Waals surface area contributed by atoms with Gasteiger partial charge < -0.3 is 9.47 Å². The largest absolute Gasteiger partial charge is 0.341 e. The Labute approximate surface area is 148 Å². The zero-order chi connectivity index (χ0) is 17.4. The van der Waals surface area contributed by atoms with Gasteiger partial charge in [0, 0.05) is 37.3 Å². The van der Waals surface area contributed by atoms with Crippen molar-refractivity contribution in [2.75, 3.05) is 13.1 Å². The highest BCUT2D eigenvalue weighted by atomic mass is 16.2. The second kappa shape index (κ2) is 6.51. The molecule has 130 valence electrons. The maximum Gasteiger partial charge on any atom is 0.250 e. The fourth-order valence-electron chi connectivity index (χ4n) is 4.54. The minimum atomic E-state index is -0.0713. The van der Waals surface area contributed by atoms with Crippen LogP contribution in [-0.4, -0.2) is 28.5 Å². The van der Waals surface area contributed by atoms with Crippen LogP contribution in [0.4, 0.5) is 0 Å². The standard InChI is InChI=1S/C21H24N2O2/c1-2-18(16-7-4-3-5-8-16)21(25)22-12-15-11-17(14-22)19-9-6-10-20(24)23(19)13-15/h3-10,15,17-18H,2,11-14H2,1H3/t15-,17+,18+/m0/s1. The molecule has 0 aliphatic carbocycles. The molecule has 1 aromatic carbocycles. The SMILES string of the molecule is CC[C@@H](C(=O)N1C[C@@H]2C[C@H](C1)c1cccc(=O)n1C2)c1ccccc1. The predicted molar refractivity (Wildman–Crippen MR) is 97.6 cm³/mol. The first-order valence-corrected chi connectivity index (χ1v) is 9.21. The third-order valence-electron chi connectivity index (χ3n) is 5.70. The van der Waals surface area contributed by atoms with Gasteiger partial charge in [-0.3, -0.25) is 9.59 Å². The fourth-order valence-corrected chi connectivity index (χ4v) is 4.54. The van der Waals surface area contributed by atoms with Gasteiger partial charge in [0.05, 0.1) is 5.92 Å². The van der Waals surface area contributed by atoms with Crippen LogP contribution in [0, 0.1) is 5.92 Å². The first-order chi connectivity index (χ1) is 12.2. The third-order valence-corrected chi connectivity index (χ3v) is 5.70. The van der Waals surface area contributed by atoms with Gasteiger partial charge in [-0.05, 0) is 30.4 Å². The van der Waals surface area contributed by atoms with Crippen LogP contribution < -0.4 is 5.56 Å². The van der Waals surface area contributed by atoms with Gasteiger partial charge in [0.25, 0.3) is 5.56 Å².